The van der Waals surface area contributed by atoms with Gasteiger partial charge in [-0.2, -0.15) is 0 Å². The SMILES string of the molecule is CSc1ncc(CNC(=O)C(c2ccc(C)cc2)N(C)C)n1C. The smallest absolute Gasteiger partial charge is 0.242 e. The minimum absolute atomic E-state index is 0.00856. The number of likely N-dealkylation sites (N-methyl/N-ethyl adjacent to an activating group) is 1. The minimum atomic E-state index is -0.302. The number of hydrogen-bond acceptors (Lipinski definition) is 4. The van der Waals surface area contributed by atoms with Crippen LogP contribution in [0.15, 0.2) is 35.6 Å². The first-order chi connectivity index (χ1) is 10.9. The van der Waals surface area contributed by atoms with Crippen molar-refractivity contribution in [3.8, 4) is 0 Å². The molecule has 23 heavy (non-hydrogen) atoms. The fourth-order valence-electron chi connectivity index (χ4n) is 2.49. The van der Waals surface area contributed by atoms with Crippen molar-refractivity contribution in [3.63, 3.8) is 0 Å². The number of carbonyl (C=O) groups excluding carboxylic acids is 1. The zero-order valence-electron chi connectivity index (χ0n) is 14.3. The Morgan fingerprint density at radius 2 is 2.00 bits per heavy atom. The molecule has 1 aromatic carbocycles. The fourth-order valence-corrected chi connectivity index (χ4v) is 3.04. The zero-order valence-corrected chi connectivity index (χ0v) is 15.1. The minimum Gasteiger partial charge on any atom is -0.349 e. The molecule has 1 N–H and O–H groups in total. The number of rotatable bonds is 6. The van der Waals surface area contributed by atoms with Crippen LogP contribution >= 0.6 is 11.8 Å². The van der Waals surface area contributed by atoms with Crippen LogP contribution in [0, 0.1) is 6.92 Å². The highest BCUT2D eigenvalue weighted by Crippen LogP contribution is 2.19. The largest absolute Gasteiger partial charge is 0.349 e. The van der Waals surface area contributed by atoms with Crippen molar-refractivity contribution in [2.75, 3.05) is 20.4 Å². The van der Waals surface area contributed by atoms with E-state index in [-0.39, 0.29) is 11.9 Å². The van der Waals surface area contributed by atoms with Crippen molar-refractivity contribution in [2.24, 2.45) is 7.05 Å². The van der Waals surface area contributed by atoms with Crippen LogP contribution < -0.4 is 5.32 Å². The van der Waals surface area contributed by atoms with Gasteiger partial charge in [0, 0.05) is 7.05 Å². The molecule has 1 amide bonds. The first kappa shape index (κ1) is 17.6. The number of nitrogens with one attached hydrogen (secondary N) is 1. The fraction of sp³-hybridized carbons (Fsp3) is 0.412. The van der Waals surface area contributed by atoms with Crippen LogP contribution in [0.2, 0.25) is 0 Å². The van der Waals surface area contributed by atoms with E-state index in [1.54, 1.807) is 11.8 Å². The third-order valence-electron chi connectivity index (χ3n) is 3.83. The predicted molar refractivity (Wildman–Crippen MR) is 94.4 cm³/mol. The number of hydrogen-bond donors (Lipinski definition) is 1. The Morgan fingerprint density at radius 1 is 1.35 bits per heavy atom. The molecule has 0 fully saturated rings. The summed E-state index contributed by atoms with van der Waals surface area (Å²) >= 11 is 1.59. The molecule has 2 rings (SSSR count). The van der Waals surface area contributed by atoms with Gasteiger partial charge in [0.05, 0.1) is 18.4 Å². The van der Waals surface area contributed by atoms with Crippen LogP contribution in [0.4, 0.5) is 0 Å². The molecule has 1 unspecified atom stereocenters. The number of thioether (sulfide) groups is 1. The number of nitrogens with zero attached hydrogens (tertiary/aromatic N) is 3. The lowest BCUT2D eigenvalue weighted by Crippen LogP contribution is -2.37. The van der Waals surface area contributed by atoms with Gasteiger partial charge < -0.3 is 9.88 Å². The second-order valence-electron chi connectivity index (χ2n) is 5.79. The predicted octanol–water partition coefficient (Wildman–Crippen LogP) is 2.37. The summed E-state index contributed by atoms with van der Waals surface area (Å²) in [7, 11) is 5.80. The Labute approximate surface area is 142 Å². The van der Waals surface area contributed by atoms with Crippen molar-refractivity contribution in [2.45, 2.75) is 24.7 Å². The van der Waals surface area contributed by atoms with Crippen LogP contribution in [0.25, 0.3) is 0 Å². The number of benzene rings is 1. The maximum absolute atomic E-state index is 12.6. The molecule has 0 aliphatic rings. The average Bonchev–Trinajstić information content (AvgIpc) is 2.87. The highest BCUT2D eigenvalue weighted by molar-refractivity contribution is 7.98. The summed E-state index contributed by atoms with van der Waals surface area (Å²) in [4.78, 5) is 18.9. The monoisotopic (exact) mass is 332 g/mol. The molecule has 0 aliphatic heterocycles. The maximum Gasteiger partial charge on any atom is 0.242 e. The summed E-state index contributed by atoms with van der Waals surface area (Å²) in [5.41, 5.74) is 3.17. The normalized spacial score (nSPS) is 12.4. The molecule has 1 aromatic heterocycles. The van der Waals surface area contributed by atoms with Gasteiger partial charge in [0.15, 0.2) is 5.16 Å². The number of carbonyl (C=O) groups is 1. The number of imidazole rings is 1. The van der Waals surface area contributed by atoms with Gasteiger partial charge >= 0.3 is 0 Å². The first-order valence-corrected chi connectivity index (χ1v) is 8.71. The van der Waals surface area contributed by atoms with E-state index >= 15 is 0 Å². The quantitative estimate of drug-likeness (QED) is 0.825. The lowest BCUT2D eigenvalue weighted by atomic mass is 10.0. The van der Waals surface area contributed by atoms with Gasteiger partial charge in [0.2, 0.25) is 5.91 Å². The Morgan fingerprint density at radius 3 is 2.52 bits per heavy atom. The Kier molecular flexibility index (Phi) is 5.85. The highest BCUT2D eigenvalue weighted by Gasteiger charge is 2.22. The zero-order chi connectivity index (χ0) is 17.0. The summed E-state index contributed by atoms with van der Waals surface area (Å²) in [6.07, 6.45) is 3.80. The number of amides is 1. The summed E-state index contributed by atoms with van der Waals surface area (Å²) in [5, 5.41) is 3.96. The van der Waals surface area contributed by atoms with Gasteiger partial charge in [0.25, 0.3) is 0 Å². The molecule has 0 saturated carbocycles. The number of aromatic nitrogens is 2. The van der Waals surface area contributed by atoms with Gasteiger partial charge in [-0.1, -0.05) is 41.6 Å². The third kappa shape index (κ3) is 4.14. The number of aryl methyl sites for hydroxylation is 1. The molecule has 1 atom stereocenters. The molecule has 6 heteroatoms. The Bertz CT molecular complexity index is 664. The van der Waals surface area contributed by atoms with Crippen LogP contribution in [-0.2, 0) is 18.4 Å². The van der Waals surface area contributed by atoms with Crippen LogP contribution in [-0.4, -0.2) is 40.7 Å². The van der Waals surface area contributed by atoms with E-state index in [0.29, 0.717) is 6.54 Å². The Balaban J connectivity index is 2.09. The van der Waals surface area contributed by atoms with Crippen LogP contribution in [0.5, 0.6) is 0 Å². The van der Waals surface area contributed by atoms with Gasteiger partial charge in [-0.25, -0.2) is 4.98 Å². The van der Waals surface area contributed by atoms with Gasteiger partial charge in [-0.05, 0) is 32.8 Å². The maximum atomic E-state index is 12.6. The molecule has 1 heterocycles. The highest BCUT2D eigenvalue weighted by atomic mass is 32.2. The van der Waals surface area contributed by atoms with Gasteiger partial charge in [0.1, 0.15) is 6.04 Å². The molecule has 0 bridgehead atoms. The van der Waals surface area contributed by atoms with Crippen molar-refractivity contribution in [1.29, 1.82) is 0 Å². The topological polar surface area (TPSA) is 50.2 Å². The van der Waals surface area contributed by atoms with Gasteiger partial charge in [-0.3, -0.25) is 9.69 Å². The molecular weight excluding hydrogens is 308 g/mol. The molecular formula is C17H24N4OS. The summed E-state index contributed by atoms with van der Waals surface area (Å²) < 4.78 is 2.00. The molecule has 0 radical (unpaired) electrons. The van der Waals surface area contributed by atoms with E-state index < -0.39 is 0 Å². The second-order valence-corrected chi connectivity index (χ2v) is 6.56. The Hall–Kier alpha value is -1.79. The summed E-state index contributed by atoms with van der Waals surface area (Å²) in [6.45, 7) is 2.51. The molecule has 0 spiro atoms. The van der Waals surface area contributed by atoms with Crippen molar-refractivity contribution in [1.82, 2.24) is 19.8 Å². The average molecular weight is 332 g/mol. The molecule has 5 nitrogen and oxygen atoms in total. The van der Waals surface area contributed by atoms with E-state index in [4.69, 9.17) is 0 Å². The van der Waals surface area contributed by atoms with E-state index in [0.717, 1.165) is 16.4 Å². The van der Waals surface area contributed by atoms with E-state index in [2.05, 4.69) is 10.3 Å². The van der Waals surface area contributed by atoms with Crippen molar-refractivity contribution >= 4 is 17.7 Å². The van der Waals surface area contributed by atoms with Crippen molar-refractivity contribution < 1.29 is 4.79 Å². The summed E-state index contributed by atoms with van der Waals surface area (Å²) in [6, 6.07) is 7.78. The van der Waals surface area contributed by atoms with E-state index in [9.17, 15) is 4.79 Å². The molecule has 0 saturated heterocycles. The molecule has 0 aliphatic carbocycles. The standard InChI is InChI=1S/C17H24N4OS/c1-12-6-8-13(9-7-12)15(20(2)3)16(22)18-10-14-11-19-17(23-5)21(14)4/h6-9,11,15H,10H2,1-5H3,(H,18,22). The van der Waals surface area contributed by atoms with Gasteiger partial charge in [-0.15, -0.1) is 0 Å². The third-order valence-corrected chi connectivity index (χ3v) is 4.57. The molecule has 2 aromatic rings. The van der Waals surface area contributed by atoms with Crippen LogP contribution in [0.3, 0.4) is 0 Å². The van der Waals surface area contributed by atoms with Crippen molar-refractivity contribution in [3.05, 3.63) is 47.3 Å². The lowest BCUT2D eigenvalue weighted by Gasteiger charge is -2.24. The lowest BCUT2D eigenvalue weighted by molar-refractivity contribution is -0.126. The summed E-state index contributed by atoms with van der Waals surface area (Å²) in [5.74, 6) is -0.00856. The van der Waals surface area contributed by atoms with Crippen LogP contribution in [0.1, 0.15) is 22.9 Å². The molecule has 124 valence electrons. The first-order valence-electron chi connectivity index (χ1n) is 7.49. The van der Waals surface area contributed by atoms with E-state index in [1.807, 2.05) is 74.3 Å². The second kappa shape index (κ2) is 7.66. The van der Waals surface area contributed by atoms with E-state index in [1.165, 1.54) is 5.56 Å².